The molecule has 0 radical (unpaired) electrons. The Kier molecular flexibility index (Phi) is 4.58. The van der Waals surface area contributed by atoms with Crippen LogP contribution in [0.4, 0.5) is 5.69 Å². The molecule has 0 spiro atoms. The average Bonchev–Trinajstić information content (AvgIpc) is 2.91. The van der Waals surface area contributed by atoms with Crippen LogP contribution in [0.1, 0.15) is 26.7 Å². The Labute approximate surface area is 170 Å². The number of carbonyl (C=O) groups is 1. The van der Waals surface area contributed by atoms with Gasteiger partial charge in [-0.05, 0) is 65.1 Å². The quantitative estimate of drug-likeness (QED) is 0.337. The second-order valence-corrected chi connectivity index (χ2v) is 12.0. The molecule has 0 saturated heterocycles. The van der Waals surface area contributed by atoms with Crippen molar-refractivity contribution in [3.05, 3.63) is 27.8 Å². The SMILES string of the molecule is CC1(C)C2(C(=O)Nc3ccc(I)cc3)CCC1(C(Br)Br)C2Br. The van der Waals surface area contributed by atoms with Crippen LogP contribution in [-0.4, -0.2) is 14.5 Å². The van der Waals surface area contributed by atoms with E-state index < -0.39 is 0 Å². The predicted molar refractivity (Wildman–Crippen MR) is 110 cm³/mol. The van der Waals surface area contributed by atoms with Crippen LogP contribution in [-0.2, 0) is 4.79 Å². The van der Waals surface area contributed by atoms with Crippen molar-refractivity contribution in [2.45, 2.75) is 35.3 Å². The lowest BCUT2D eigenvalue weighted by atomic mass is 9.43. The molecule has 2 nitrogen and oxygen atoms in total. The summed E-state index contributed by atoms with van der Waals surface area (Å²) in [5, 5.41) is 3.13. The highest BCUT2D eigenvalue weighted by molar-refractivity contribution is 14.1. The summed E-state index contributed by atoms with van der Waals surface area (Å²) < 4.78 is 1.37. The lowest BCUT2D eigenvalue weighted by Gasteiger charge is -2.66. The van der Waals surface area contributed by atoms with Crippen LogP contribution in [0.3, 0.4) is 0 Å². The molecule has 0 aromatic heterocycles. The molecule has 3 unspecified atom stereocenters. The molecule has 2 bridgehead atoms. The van der Waals surface area contributed by atoms with Gasteiger partial charge in [0.05, 0.1) is 9.15 Å². The summed E-state index contributed by atoms with van der Waals surface area (Å²) >= 11 is 13.5. The van der Waals surface area contributed by atoms with Crippen LogP contribution in [0.5, 0.6) is 0 Å². The maximum absolute atomic E-state index is 13.1. The molecule has 3 aliphatic rings. The van der Waals surface area contributed by atoms with Crippen molar-refractivity contribution in [1.29, 1.82) is 0 Å². The number of anilines is 1. The Hall–Kier alpha value is 0.860. The minimum atomic E-state index is -0.351. The predicted octanol–water partition coefficient (Wildman–Crippen LogP) is 5.92. The molecule has 1 N–H and O–H groups in total. The van der Waals surface area contributed by atoms with E-state index in [9.17, 15) is 4.79 Å². The Bertz CT molecular complexity index is 618. The van der Waals surface area contributed by atoms with Gasteiger partial charge in [-0.1, -0.05) is 61.6 Å². The van der Waals surface area contributed by atoms with Crippen LogP contribution in [0, 0.1) is 19.8 Å². The number of rotatable bonds is 3. The standard InChI is InChI=1S/C16H17Br3INO/c1-14(2)15(12(18)19)7-8-16(14,11(15)17)13(22)21-10-5-3-9(20)4-6-10/h3-6,11-12H,7-8H2,1-2H3,(H,21,22). The summed E-state index contributed by atoms with van der Waals surface area (Å²) in [5.41, 5.74) is 0.514. The van der Waals surface area contributed by atoms with Gasteiger partial charge in [0.2, 0.25) is 5.91 Å². The molecule has 3 saturated carbocycles. The lowest BCUT2D eigenvalue weighted by Crippen LogP contribution is -2.71. The molecule has 1 amide bonds. The van der Waals surface area contributed by atoms with Gasteiger partial charge in [-0.25, -0.2) is 0 Å². The first-order valence-electron chi connectivity index (χ1n) is 7.19. The Balaban J connectivity index is 1.89. The molecule has 0 heterocycles. The number of fused-ring (bicyclic) bond motifs is 1. The second-order valence-electron chi connectivity index (χ2n) is 6.76. The number of hydrogen-bond acceptors (Lipinski definition) is 1. The lowest BCUT2D eigenvalue weighted by molar-refractivity contribution is -0.155. The summed E-state index contributed by atoms with van der Waals surface area (Å²) in [6, 6.07) is 7.95. The largest absolute Gasteiger partial charge is 0.326 e. The van der Waals surface area contributed by atoms with Gasteiger partial charge < -0.3 is 5.32 Å². The summed E-state index contributed by atoms with van der Waals surface area (Å²) in [6.07, 6.45) is 1.96. The Morgan fingerprint density at radius 3 is 2.32 bits per heavy atom. The van der Waals surface area contributed by atoms with E-state index in [0.717, 1.165) is 22.1 Å². The van der Waals surface area contributed by atoms with E-state index in [1.807, 2.05) is 24.3 Å². The zero-order chi connectivity index (χ0) is 16.3. The van der Waals surface area contributed by atoms with Crippen LogP contribution in [0.15, 0.2) is 24.3 Å². The highest BCUT2D eigenvalue weighted by Gasteiger charge is 2.83. The van der Waals surface area contributed by atoms with E-state index in [1.165, 1.54) is 0 Å². The first-order valence-corrected chi connectivity index (χ1v) is 11.0. The van der Waals surface area contributed by atoms with Gasteiger partial charge in [0.25, 0.3) is 0 Å². The summed E-state index contributed by atoms with van der Waals surface area (Å²) in [7, 11) is 0. The minimum Gasteiger partial charge on any atom is -0.326 e. The van der Waals surface area contributed by atoms with E-state index in [1.54, 1.807) is 0 Å². The number of halogens is 4. The maximum atomic E-state index is 13.1. The second kappa shape index (κ2) is 5.70. The van der Waals surface area contributed by atoms with Crippen LogP contribution >= 0.6 is 70.4 Å². The van der Waals surface area contributed by atoms with Gasteiger partial charge in [-0.3, -0.25) is 4.79 Å². The summed E-state index contributed by atoms with van der Waals surface area (Å²) in [5.74, 6) is 0.134. The molecule has 4 rings (SSSR count). The van der Waals surface area contributed by atoms with Crippen molar-refractivity contribution in [2.24, 2.45) is 16.2 Å². The normalized spacial score (nSPS) is 35.3. The van der Waals surface area contributed by atoms with Crippen molar-refractivity contribution in [3.8, 4) is 0 Å². The van der Waals surface area contributed by atoms with Crippen LogP contribution in [0.25, 0.3) is 0 Å². The van der Waals surface area contributed by atoms with Gasteiger partial charge in [-0.2, -0.15) is 0 Å². The molecule has 3 aliphatic carbocycles. The molecular weight excluding hydrogens is 589 g/mol. The number of hydrogen-bond donors (Lipinski definition) is 1. The van der Waals surface area contributed by atoms with Crippen LogP contribution in [0.2, 0.25) is 0 Å². The van der Waals surface area contributed by atoms with E-state index in [4.69, 9.17) is 0 Å². The fourth-order valence-corrected chi connectivity index (χ4v) is 9.75. The van der Waals surface area contributed by atoms with Crippen molar-refractivity contribution >= 4 is 82.0 Å². The van der Waals surface area contributed by atoms with Gasteiger partial charge >= 0.3 is 0 Å². The van der Waals surface area contributed by atoms with Gasteiger partial charge in [-0.15, -0.1) is 0 Å². The topological polar surface area (TPSA) is 29.1 Å². The molecule has 0 aliphatic heterocycles. The first-order chi connectivity index (χ1) is 10.2. The number of benzene rings is 1. The Morgan fingerprint density at radius 1 is 1.27 bits per heavy atom. The monoisotopic (exact) mass is 603 g/mol. The van der Waals surface area contributed by atoms with E-state index in [2.05, 4.69) is 89.5 Å². The molecule has 6 heteroatoms. The Morgan fingerprint density at radius 2 is 1.86 bits per heavy atom. The molecule has 1 aromatic rings. The highest BCUT2D eigenvalue weighted by atomic mass is 127. The molecule has 22 heavy (non-hydrogen) atoms. The molecule has 3 fully saturated rings. The molecule has 120 valence electrons. The van der Waals surface area contributed by atoms with Gasteiger partial charge in [0, 0.05) is 19.5 Å². The average molecular weight is 606 g/mol. The number of nitrogens with one attached hydrogen (secondary N) is 1. The summed E-state index contributed by atoms with van der Waals surface area (Å²) in [4.78, 5) is 13.3. The van der Waals surface area contributed by atoms with Gasteiger partial charge in [0.15, 0.2) is 0 Å². The van der Waals surface area contributed by atoms with Crippen molar-refractivity contribution < 1.29 is 4.79 Å². The number of alkyl halides is 3. The smallest absolute Gasteiger partial charge is 0.232 e. The number of carbonyl (C=O) groups excluding carboxylic acids is 1. The van der Waals surface area contributed by atoms with E-state index in [-0.39, 0.29) is 30.7 Å². The third kappa shape index (κ3) is 2.02. The zero-order valence-electron chi connectivity index (χ0n) is 12.3. The molecular formula is C16H17Br3INO. The third-order valence-electron chi connectivity index (χ3n) is 5.99. The highest BCUT2D eigenvalue weighted by Crippen LogP contribution is 2.82. The minimum absolute atomic E-state index is 0.0659. The molecule has 3 atom stereocenters. The number of amides is 1. The maximum Gasteiger partial charge on any atom is 0.232 e. The van der Waals surface area contributed by atoms with Gasteiger partial charge in [0.1, 0.15) is 0 Å². The first kappa shape index (κ1) is 17.7. The van der Waals surface area contributed by atoms with Crippen LogP contribution < -0.4 is 5.32 Å². The third-order valence-corrected chi connectivity index (χ3v) is 9.95. The molecule has 1 aromatic carbocycles. The zero-order valence-corrected chi connectivity index (χ0v) is 19.2. The van der Waals surface area contributed by atoms with E-state index in [0.29, 0.717) is 0 Å². The van der Waals surface area contributed by atoms with Crippen molar-refractivity contribution in [1.82, 2.24) is 0 Å². The summed E-state index contributed by atoms with van der Waals surface area (Å²) in [6.45, 7) is 4.45. The fraction of sp³-hybridized carbons (Fsp3) is 0.562. The fourth-order valence-electron chi connectivity index (χ4n) is 4.47. The van der Waals surface area contributed by atoms with E-state index >= 15 is 0 Å². The van der Waals surface area contributed by atoms with Crippen molar-refractivity contribution in [3.63, 3.8) is 0 Å². The van der Waals surface area contributed by atoms with Crippen molar-refractivity contribution in [2.75, 3.05) is 5.32 Å².